The average molecular weight is 342 g/mol. The van der Waals surface area contributed by atoms with Crippen molar-refractivity contribution in [3.63, 3.8) is 0 Å². The second-order valence-corrected chi connectivity index (χ2v) is 7.76. The van der Waals surface area contributed by atoms with E-state index in [-0.39, 0.29) is 0 Å². The summed E-state index contributed by atoms with van der Waals surface area (Å²) in [4.78, 5) is 0. The van der Waals surface area contributed by atoms with Gasteiger partial charge in [0.2, 0.25) is 0 Å². The smallest absolute Gasteiger partial charge is 0.167 e. The summed E-state index contributed by atoms with van der Waals surface area (Å²) in [6.07, 6.45) is 17.4. The van der Waals surface area contributed by atoms with Crippen molar-refractivity contribution in [1.82, 2.24) is 5.32 Å². The topological polar surface area (TPSA) is 30.5 Å². The lowest BCUT2D eigenvalue weighted by atomic mass is 9.89. The molecule has 1 aliphatic rings. The predicted molar refractivity (Wildman–Crippen MR) is 103 cm³/mol. The summed E-state index contributed by atoms with van der Waals surface area (Å²) < 4.78 is 11.5. The molecule has 0 aromatic heterocycles. The molecule has 1 saturated carbocycles. The second-order valence-electron chi connectivity index (χ2n) is 7.76. The van der Waals surface area contributed by atoms with Crippen molar-refractivity contribution in [2.75, 3.05) is 20.8 Å². The van der Waals surface area contributed by atoms with Crippen molar-refractivity contribution >= 4 is 0 Å². The molecular formula is C21H43NO2. The number of nitrogens with one attached hydrogen (secondary N) is 1. The van der Waals surface area contributed by atoms with Crippen LogP contribution >= 0.6 is 0 Å². The number of methoxy groups -OCH3 is 2. The van der Waals surface area contributed by atoms with Gasteiger partial charge in [-0.2, -0.15) is 0 Å². The molecule has 0 amide bonds. The van der Waals surface area contributed by atoms with Crippen LogP contribution in [-0.2, 0) is 9.47 Å². The third kappa shape index (κ3) is 8.31. The van der Waals surface area contributed by atoms with Gasteiger partial charge in [-0.25, -0.2) is 0 Å². The van der Waals surface area contributed by atoms with Crippen molar-refractivity contribution in [2.24, 2.45) is 5.92 Å². The van der Waals surface area contributed by atoms with Crippen molar-refractivity contribution in [3.8, 4) is 0 Å². The maximum atomic E-state index is 5.74. The first-order valence-electron chi connectivity index (χ1n) is 10.5. The van der Waals surface area contributed by atoms with Crippen molar-refractivity contribution in [2.45, 2.75) is 109 Å². The van der Waals surface area contributed by atoms with Crippen LogP contribution in [0.5, 0.6) is 0 Å². The number of rotatable bonds is 14. The minimum atomic E-state index is -0.447. The van der Waals surface area contributed by atoms with Crippen LogP contribution < -0.4 is 5.32 Å². The molecule has 0 aromatic carbocycles. The van der Waals surface area contributed by atoms with Gasteiger partial charge in [0.05, 0.1) is 0 Å². The van der Waals surface area contributed by atoms with Gasteiger partial charge in [0.15, 0.2) is 5.79 Å². The molecule has 0 heterocycles. The standard InChI is InChI=1S/C21H43NO2/c1-5-6-7-8-9-11-14-19(21(2,23-3)24-4)17-18-22-20-15-12-10-13-16-20/h19-20,22H,5-18H2,1-4H3. The van der Waals surface area contributed by atoms with Crippen LogP contribution in [0.25, 0.3) is 0 Å². The third-order valence-electron chi connectivity index (χ3n) is 5.99. The molecule has 144 valence electrons. The zero-order valence-electron chi connectivity index (χ0n) is 16.9. The molecule has 1 rings (SSSR count). The predicted octanol–water partition coefficient (Wildman–Crippen LogP) is 5.67. The summed E-state index contributed by atoms with van der Waals surface area (Å²) in [5.74, 6) is 0.0206. The molecule has 1 atom stereocenters. The lowest BCUT2D eigenvalue weighted by molar-refractivity contribution is -0.229. The monoisotopic (exact) mass is 341 g/mol. The molecule has 1 unspecified atom stereocenters. The Morgan fingerprint density at radius 3 is 2.17 bits per heavy atom. The highest BCUT2D eigenvalue weighted by Gasteiger charge is 2.33. The number of ether oxygens (including phenoxy) is 2. The minimum Gasteiger partial charge on any atom is -0.353 e. The maximum Gasteiger partial charge on any atom is 0.167 e. The van der Waals surface area contributed by atoms with Gasteiger partial charge < -0.3 is 14.8 Å². The Morgan fingerprint density at radius 2 is 1.54 bits per heavy atom. The Morgan fingerprint density at radius 1 is 0.917 bits per heavy atom. The van der Waals surface area contributed by atoms with Crippen LogP contribution in [0.4, 0.5) is 0 Å². The van der Waals surface area contributed by atoms with Gasteiger partial charge >= 0.3 is 0 Å². The molecular weight excluding hydrogens is 298 g/mol. The highest BCUT2D eigenvalue weighted by Crippen LogP contribution is 2.30. The largest absolute Gasteiger partial charge is 0.353 e. The van der Waals surface area contributed by atoms with Gasteiger partial charge in [-0.05, 0) is 39.2 Å². The third-order valence-corrected chi connectivity index (χ3v) is 5.99. The van der Waals surface area contributed by atoms with Gasteiger partial charge in [0.1, 0.15) is 0 Å². The molecule has 1 N–H and O–H groups in total. The van der Waals surface area contributed by atoms with E-state index < -0.39 is 5.79 Å². The maximum absolute atomic E-state index is 5.74. The lowest BCUT2D eigenvalue weighted by Crippen LogP contribution is -2.41. The highest BCUT2D eigenvalue weighted by atomic mass is 16.7. The van der Waals surface area contributed by atoms with Crippen molar-refractivity contribution < 1.29 is 9.47 Å². The zero-order chi connectivity index (χ0) is 17.7. The van der Waals surface area contributed by atoms with E-state index in [4.69, 9.17) is 9.47 Å². The van der Waals surface area contributed by atoms with Crippen molar-refractivity contribution in [3.05, 3.63) is 0 Å². The van der Waals surface area contributed by atoms with Crippen LogP contribution in [0.2, 0.25) is 0 Å². The Kier molecular flexibility index (Phi) is 12.0. The lowest BCUT2D eigenvalue weighted by Gasteiger charge is -2.36. The highest BCUT2D eigenvalue weighted by molar-refractivity contribution is 4.78. The zero-order valence-corrected chi connectivity index (χ0v) is 16.9. The van der Waals surface area contributed by atoms with E-state index >= 15 is 0 Å². The first-order valence-corrected chi connectivity index (χ1v) is 10.5. The summed E-state index contributed by atoms with van der Waals surface area (Å²) in [5, 5.41) is 3.78. The quantitative estimate of drug-likeness (QED) is 0.326. The normalized spacial score (nSPS) is 18.0. The summed E-state index contributed by atoms with van der Waals surface area (Å²) in [6, 6.07) is 0.741. The molecule has 1 aliphatic carbocycles. The van der Waals surface area contributed by atoms with Gasteiger partial charge in [-0.3, -0.25) is 0 Å². The molecule has 0 saturated heterocycles. The summed E-state index contributed by atoms with van der Waals surface area (Å²) in [5.41, 5.74) is 0. The molecule has 24 heavy (non-hydrogen) atoms. The van der Waals surface area contributed by atoms with Crippen LogP contribution in [0.3, 0.4) is 0 Å². The summed E-state index contributed by atoms with van der Waals surface area (Å²) >= 11 is 0. The summed E-state index contributed by atoms with van der Waals surface area (Å²) in [7, 11) is 3.57. The average Bonchev–Trinajstić information content (AvgIpc) is 2.63. The van der Waals surface area contributed by atoms with Gasteiger partial charge in [-0.1, -0.05) is 64.7 Å². The van der Waals surface area contributed by atoms with Crippen molar-refractivity contribution in [1.29, 1.82) is 0 Å². The van der Waals surface area contributed by atoms with Crippen LogP contribution in [0.1, 0.15) is 97.3 Å². The molecule has 1 fully saturated rings. The van der Waals surface area contributed by atoms with E-state index in [9.17, 15) is 0 Å². The van der Waals surface area contributed by atoms with E-state index in [1.165, 1.54) is 77.0 Å². The van der Waals surface area contributed by atoms with E-state index in [2.05, 4.69) is 19.2 Å². The van der Waals surface area contributed by atoms with E-state index in [1.54, 1.807) is 14.2 Å². The Labute approximate surface area is 151 Å². The fraction of sp³-hybridized carbons (Fsp3) is 1.00. The Bertz CT molecular complexity index is 286. The molecule has 3 heteroatoms. The first-order chi connectivity index (χ1) is 11.7. The number of unbranched alkanes of at least 4 members (excludes halogenated alkanes) is 5. The van der Waals surface area contributed by atoms with E-state index in [0.717, 1.165) is 19.0 Å². The number of hydrogen-bond donors (Lipinski definition) is 1. The van der Waals surface area contributed by atoms with E-state index in [1.807, 2.05) is 0 Å². The Balaban J connectivity index is 2.34. The Hall–Kier alpha value is -0.120. The molecule has 0 bridgehead atoms. The summed E-state index contributed by atoms with van der Waals surface area (Å²) in [6.45, 7) is 5.47. The molecule has 0 aliphatic heterocycles. The molecule has 0 aromatic rings. The number of hydrogen-bond acceptors (Lipinski definition) is 3. The van der Waals surface area contributed by atoms with Crippen LogP contribution in [0.15, 0.2) is 0 Å². The molecule has 0 radical (unpaired) electrons. The SMILES string of the molecule is CCCCCCCCC(CCNC1CCCCC1)C(C)(OC)OC. The fourth-order valence-electron chi connectivity index (χ4n) is 4.02. The molecule has 0 spiro atoms. The minimum absolute atomic E-state index is 0.447. The van der Waals surface area contributed by atoms with E-state index in [0.29, 0.717) is 5.92 Å². The van der Waals surface area contributed by atoms with Crippen LogP contribution in [0, 0.1) is 5.92 Å². The van der Waals surface area contributed by atoms with Crippen LogP contribution in [-0.4, -0.2) is 32.6 Å². The second kappa shape index (κ2) is 13.1. The van der Waals surface area contributed by atoms with Gasteiger partial charge in [-0.15, -0.1) is 0 Å². The molecule has 3 nitrogen and oxygen atoms in total. The van der Waals surface area contributed by atoms with Gasteiger partial charge in [0.25, 0.3) is 0 Å². The first kappa shape index (κ1) is 21.9. The van der Waals surface area contributed by atoms with Gasteiger partial charge in [0, 0.05) is 26.2 Å². The fourth-order valence-corrected chi connectivity index (χ4v) is 4.02.